The normalized spacial score (nSPS) is 13.3. The Morgan fingerprint density at radius 2 is 1.66 bits per heavy atom. The molecule has 3 N–H and O–H groups in total. The van der Waals surface area contributed by atoms with Crippen molar-refractivity contribution in [1.82, 2.24) is 10.6 Å². The Morgan fingerprint density at radius 1 is 1.03 bits per heavy atom. The maximum absolute atomic E-state index is 12.8. The van der Waals surface area contributed by atoms with Crippen LogP contribution in [-0.2, 0) is 9.59 Å². The molecule has 6 heteroatoms. The van der Waals surface area contributed by atoms with Crippen molar-refractivity contribution in [2.75, 3.05) is 0 Å². The number of carbonyl (C=O) groups excluding carboxylic acids is 2. The van der Waals surface area contributed by atoms with Crippen LogP contribution >= 0.6 is 0 Å². The SMILES string of the molecule is CCC(C)C(NC(=O)/C(=C\c1ccccc1)NC(=O)c1ccc(C)cc1)C(=O)O. The van der Waals surface area contributed by atoms with Gasteiger partial charge in [0.2, 0.25) is 0 Å². The molecule has 152 valence electrons. The molecule has 2 amide bonds. The minimum atomic E-state index is -1.11. The number of nitrogens with one attached hydrogen (secondary N) is 2. The van der Waals surface area contributed by atoms with E-state index in [1.54, 1.807) is 43.3 Å². The summed E-state index contributed by atoms with van der Waals surface area (Å²) in [6, 6.07) is 14.9. The third-order valence-corrected chi connectivity index (χ3v) is 4.68. The molecular weight excluding hydrogens is 368 g/mol. The lowest BCUT2D eigenvalue weighted by atomic mass is 9.99. The molecule has 2 aromatic rings. The van der Waals surface area contributed by atoms with E-state index in [1.165, 1.54) is 6.08 Å². The van der Waals surface area contributed by atoms with E-state index in [0.29, 0.717) is 17.5 Å². The van der Waals surface area contributed by atoms with Crippen LogP contribution in [0.1, 0.15) is 41.8 Å². The summed E-state index contributed by atoms with van der Waals surface area (Å²) < 4.78 is 0. The smallest absolute Gasteiger partial charge is 0.326 e. The summed E-state index contributed by atoms with van der Waals surface area (Å²) in [5.41, 5.74) is 2.10. The summed E-state index contributed by atoms with van der Waals surface area (Å²) in [4.78, 5) is 37.0. The van der Waals surface area contributed by atoms with Crippen LogP contribution in [0.15, 0.2) is 60.3 Å². The maximum Gasteiger partial charge on any atom is 0.326 e. The van der Waals surface area contributed by atoms with Crippen molar-refractivity contribution in [2.45, 2.75) is 33.2 Å². The van der Waals surface area contributed by atoms with E-state index in [1.807, 2.05) is 32.0 Å². The summed E-state index contributed by atoms with van der Waals surface area (Å²) in [7, 11) is 0. The zero-order valence-corrected chi connectivity index (χ0v) is 16.8. The maximum atomic E-state index is 12.8. The highest BCUT2D eigenvalue weighted by atomic mass is 16.4. The average Bonchev–Trinajstić information content (AvgIpc) is 2.71. The van der Waals surface area contributed by atoms with E-state index in [-0.39, 0.29) is 11.6 Å². The van der Waals surface area contributed by atoms with Crippen LogP contribution in [0.3, 0.4) is 0 Å². The molecule has 29 heavy (non-hydrogen) atoms. The van der Waals surface area contributed by atoms with Crippen molar-refractivity contribution in [1.29, 1.82) is 0 Å². The molecule has 0 aliphatic rings. The highest BCUT2D eigenvalue weighted by Gasteiger charge is 2.27. The molecule has 2 rings (SSSR count). The topological polar surface area (TPSA) is 95.5 Å². The third-order valence-electron chi connectivity index (χ3n) is 4.68. The van der Waals surface area contributed by atoms with E-state index in [9.17, 15) is 19.5 Å². The van der Waals surface area contributed by atoms with Gasteiger partial charge in [-0.15, -0.1) is 0 Å². The summed E-state index contributed by atoms with van der Waals surface area (Å²) in [5, 5.41) is 14.6. The summed E-state index contributed by atoms with van der Waals surface area (Å²) in [6.45, 7) is 5.52. The Kier molecular flexibility index (Phi) is 7.71. The van der Waals surface area contributed by atoms with E-state index in [4.69, 9.17) is 0 Å². The van der Waals surface area contributed by atoms with Crippen molar-refractivity contribution in [2.24, 2.45) is 5.92 Å². The van der Waals surface area contributed by atoms with Crippen molar-refractivity contribution >= 4 is 23.9 Å². The van der Waals surface area contributed by atoms with Gasteiger partial charge in [-0.05, 0) is 36.6 Å². The quantitative estimate of drug-likeness (QED) is 0.598. The van der Waals surface area contributed by atoms with Crippen molar-refractivity contribution in [3.8, 4) is 0 Å². The Morgan fingerprint density at radius 3 is 2.21 bits per heavy atom. The van der Waals surface area contributed by atoms with Gasteiger partial charge in [0.25, 0.3) is 11.8 Å². The molecule has 0 aliphatic carbocycles. The van der Waals surface area contributed by atoms with Crippen molar-refractivity contribution in [3.63, 3.8) is 0 Å². The van der Waals surface area contributed by atoms with Crippen LogP contribution in [0, 0.1) is 12.8 Å². The fourth-order valence-corrected chi connectivity index (χ4v) is 2.68. The molecule has 0 saturated heterocycles. The second-order valence-electron chi connectivity index (χ2n) is 6.96. The molecule has 0 aliphatic heterocycles. The van der Waals surface area contributed by atoms with Gasteiger partial charge in [-0.2, -0.15) is 0 Å². The van der Waals surface area contributed by atoms with Crippen LogP contribution in [0.5, 0.6) is 0 Å². The Bertz CT molecular complexity index is 889. The summed E-state index contributed by atoms with van der Waals surface area (Å²) in [5.74, 6) is -2.47. The Balaban J connectivity index is 2.30. The molecule has 2 aromatic carbocycles. The molecule has 2 unspecified atom stereocenters. The van der Waals surface area contributed by atoms with Crippen molar-refractivity contribution in [3.05, 3.63) is 77.0 Å². The number of carboxylic acid groups (broad SMARTS) is 1. The minimum absolute atomic E-state index is 0.0173. The average molecular weight is 394 g/mol. The molecule has 0 saturated carbocycles. The van der Waals surface area contributed by atoms with Gasteiger partial charge in [-0.25, -0.2) is 4.79 Å². The first kappa shape index (κ1) is 21.9. The predicted octanol–water partition coefficient (Wildman–Crippen LogP) is 3.38. The van der Waals surface area contributed by atoms with Crippen LogP contribution in [0.2, 0.25) is 0 Å². The van der Waals surface area contributed by atoms with E-state index in [2.05, 4.69) is 10.6 Å². The van der Waals surface area contributed by atoms with Gasteiger partial charge in [0.1, 0.15) is 11.7 Å². The zero-order chi connectivity index (χ0) is 21.4. The Labute approximate surface area is 170 Å². The third kappa shape index (κ3) is 6.31. The molecule has 0 radical (unpaired) electrons. The Hall–Kier alpha value is -3.41. The van der Waals surface area contributed by atoms with Gasteiger partial charge in [0.05, 0.1) is 0 Å². The highest BCUT2D eigenvalue weighted by Crippen LogP contribution is 2.11. The lowest BCUT2D eigenvalue weighted by Gasteiger charge is -2.21. The van der Waals surface area contributed by atoms with E-state index < -0.39 is 23.8 Å². The fourth-order valence-electron chi connectivity index (χ4n) is 2.68. The molecule has 0 spiro atoms. The van der Waals surface area contributed by atoms with Gasteiger partial charge < -0.3 is 15.7 Å². The first-order chi connectivity index (χ1) is 13.8. The standard InChI is InChI=1S/C23H26N2O4/c1-4-16(3)20(23(28)29)25-22(27)19(14-17-8-6-5-7-9-17)24-21(26)18-12-10-15(2)11-13-18/h5-14,16,20H,4H2,1-3H3,(H,24,26)(H,25,27)(H,28,29)/b19-14+. The van der Waals surface area contributed by atoms with Crippen LogP contribution in [0.25, 0.3) is 6.08 Å². The zero-order valence-electron chi connectivity index (χ0n) is 16.8. The predicted molar refractivity (Wildman–Crippen MR) is 112 cm³/mol. The molecular formula is C23H26N2O4. The number of carboxylic acids is 1. The number of rotatable bonds is 8. The monoisotopic (exact) mass is 394 g/mol. The van der Waals surface area contributed by atoms with Gasteiger partial charge in [-0.3, -0.25) is 9.59 Å². The second kappa shape index (κ2) is 10.2. The summed E-state index contributed by atoms with van der Waals surface area (Å²) in [6.07, 6.45) is 2.11. The molecule has 0 aromatic heterocycles. The minimum Gasteiger partial charge on any atom is -0.480 e. The number of hydrogen-bond acceptors (Lipinski definition) is 3. The number of aliphatic carboxylic acids is 1. The van der Waals surface area contributed by atoms with Crippen LogP contribution in [0.4, 0.5) is 0 Å². The number of amides is 2. The molecule has 0 heterocycles. The molecule has 2 atom stereocenters. The highest BCUT2D eigenvalue weighted by molar-refractivity contribution is 6.06. The largest absolute Gasteiger partial charge is 0.480 e. The lowest BCUT2D eigenvalue weighted by molar-refractivity contribution is -0.142. The lowest BCUT2D eigenvalue weighted by Crippen LogP contribution is -2.47. The summed E-state index contributed by atoms with van der Waals surface area (Å²) >= 11 is 0. The van der Waals surface area contributed by atoms with E-state index in [0.717, 1.165) is 5.56 Å². The van der Waals surface area contributed by atoms with E-state index >= 15 is 0 Å². The number of benzene rings is 2. The second-order valence-corrected chi connectivity index (χ2v) is 6.96. The first-order valence-corrected chi connectivity index (χ1v) is 9.50. The number of carbonyl (C=O) groups is 3. The molecule has 0 fully saturated rings. The molecule has 0 bridgehead atoms. The van der Waals surface area contributed by atoms with Gasteiger partial charge in [0, 0.05) is 5.56 Å². The van der Waals surface area contributed by atoms with Gasteiger partial charge >= 0.3 is 5.97 Å². The van der Waals surface area contributed by atoms with Crippen LogP contribution < -0.4 is 10.6 Å². The van der Waals surface area contributed by atoms with Crippen LogP contribution in [-0.4, -0.2) is 28.9 Å². The van der Waals surface area contributed by atoms with Gasteiger partial charge in [-0.1, -0.05) is 68.3 Å². The first-order valence-electron chi connectivity index (χ1n) is 9.50. The molecule has 6 nitrogen and oxygen atoms in total. The van der Waals surface area contributed by atoms with Crippen molar-refractivity contribution < 1.29 is 19.5 Å². The fraction of sp³-hybridized carbons (Fsp3) is 0.261. The van der Waals surface area contributed by atoms with Gasteiger partial charge in [0.15, 0.2) is 0 Å². The number of aryl methyl sites for hydroxylation is 1. The number of hydrogen-bond donors (Lipinski definition) is 3.